The molecule has 1 aliphatic heterocycles. The van der Waals surface area contributed by atoms with Gasteiger partial charge in [0, 0.05) is 17.4 Å². The lowest BCUT2D eigenvalue weighted by atomic mass is 9.99. The van der Waals surface area contributed by atoms with E-state index in [0.29, 0.717) is 16.0 Å². The molecular weight excluding hydrogens is 378 g/mol. The fraction of sp³-hybridized carbons (Fsp3) is 0.0476. The van der Waals surface area contributed by atoms with Gasteiger partial charge in [0.15, 0.2) is 5.43 Å². The molecule has 0 aliphatic carbocycles. The van der Waals surface area contributed by atoms with Gasteiger partial charge in [0.05, 0.1) is 17.0 Å². The van der Waals surface area contributed by atoms with Crippen LogP contribution in [0, 0.1) is 0 Å². The van der Waals surface area contributed by atoms with Gasteiger partial charge in [0.1, 0.15) is 5.58 Å². The summed E-state index contributed by atoms with van der Waals surface area (Å²) in [6.07, 6.45) is 3.10. The molecule has 0 saturated carbocycles. The first-order valence-corrected chi connectivity index (χ1v) is 8.95. The molecule has 5 rings (SSSR count). The van der Waals surface area contributed by atoms with Crippen LogP contribution in [0.15, 0.2) is 76.2 Å². The number of aromatic nitrogens is 2. The Bertz CT molecular complexity index is 1270. The quantitative estimate of drug-likeness (QED) is 0.518. The standard InChI is InChI=1S/C21H12ClN3O3/c22-13-7-8-15-14(11-13)18(26)16-17(12-5-2-1-3-6-12)25(20(27)19(16)28-15)21-23-9-4-10-24-21/h1-11,17H. The summed E-state index contributed by atoms with van der Waals surface area (Å²) < 4.78 is 5.85. The largest absolute Gasteiger partial charge is 0.450 e. The van der Waals surface area contributed by atoms with Gasteiger partial charge in [0.2, 0.25) is 11.7 Å². The number of fused-ring (bicyclic) bond motifs is 2. The van der Waals surface area contributed by atoms with Gasteiger partial charge >= 0.3 is 0 Å². The van der Waals surface area contributed by atoms with Crippen LogP contribution in [0.25, 0.3) is 11.0 Å². The van der Waals surface area contributed by atoms with Crippen LogP contribution < -0.4 is 10.3 Å². The van der Waals surface area contributed by atoms with E-state index in [0.717, 1.165) is 5.56 Å². The van der Waals surface area contributed by atoms with Gasteiger partial charge < -0.3 is 4.42 Å². The summed E-state index contributed by atoms with van der Waals surface area (Å²) >= 11 is 6.07. The zero-order valence-electron chi connectivity index (χ0n) is 14.4. The first kappa shape index (κ1) is 16.6. The van der Waals surface area contributed by atoms with E-state index in [-0.39, 0.29) is 22.7 Å². The second kappa shape index (κ2) is 6.28. The Morgan fingerprint density at radius 1 is 0.964 bits per heavy atom. The zero-order chi connectivity index (χ0) is 19.3. The number of nitrogens with zero attached hydrogens (tertiary/aromatic N) is 3. The van der Waals surface area contributed by atoms with Gasteiger partial charge in [-0.3, -0.25) is 14.5 Å². The topological polar surface area (TPSA) is 76.3 Å². The Labute approximate surface area is 164 Å². The molecule has 136 valence electrons. The molecule has 1 unspecified atom stereocenters. The lowest BCUT2D eigenvalue weighted by Crippen LogP contribution is -2.31. The summed E-state index contributed by atoms with van der Waals surface area (Å²) in [5, 5.41) is 0.749. The second-order valence-electron chi connectivity index (χ2n) is 6.35. The van der Waals surface area contributed by atoms with Gasteiger partial charge in [-0.15, -0.1) is 0 Å². The Morgan fingerprint density at radius 2 is 1.71 bits per heavy atom. The average molecular weight is 390 g/mol. The normalized spacial score (nSPS) is 15.8. The molecule has 1 amide bonds. The number of hydrogen-bond donors (Lipinski definition) is 0. The molecule has 6 nitrogen and oxygen atoms in total. The second-order valence-corrected chi connectivity index (χ2v) is 6.79. The van der Waals surface area contributed by atoms with Crippen LogP contribution in [0.2, 0.25) is 5.02 Å². The van der Waals surface area contributed by atoms with E-state index >= 15 is 0 Å². The molecule has 3 heterocycles. The van der Waals surface area contributed by atoms with Crippen molar-refractivity contribution >= 4 is 34.4 Å². The number of amides is 1. The molecule has 1 aliphatic rings. The summed E-state index contributed by atoms with van der Waals surface area (Å²) in [6, 6.07) is 15.0. The van der Waals surface area contributed by atoms with E-state index in [4.69, 9.17) is 16.0 Å². The number of benzene rings is 2. The van der Waals surface area contributed by atoms with Gasteiger partial charge in [-0.05, 0) is 29.8 Å². The van der Waals surface area contributed by atoms with E-state index in [1.807, 2.05) is 30.3 Å². The molecule has 4 aromatic rings. The number of anilines is 1. The van der Waals surface area contributed by atoms with Crippen molar-refractivity contribution in [3.05, 3.63) is 99.1 Å². The highest BCUT2D eigenvalue weighted by atomic mass is 35.5. The maximum atomic E-state index is 13.3. The number of carbonyl (C=O) groups excluding carboxylic acids is 1. The maximum Gasteiger partial charge on any atom is 0.297 e. The van der Waals surface area contributed by atoms with Crippen molar-refractivity contribution in [1.82, 2.24) is 9.97 Å². The van der Waals surface area contributed by atoms with E-state index in [1.54, 1.807) is 36.7 Å². The summed E-state index contributed by atoms with van der Waals surface area (Å²) in [5.41, 5.74) is 1.04. The third-order valence-corrected chi connectivity index (χ3v) is 4.95. The summed E-state index contributed by atoms with van der Waals surface area (Å²) in [7, 11) is 0. The maximum absolute atomic E-state index is 13.3. The fourth-order valence-corrected chi connectivity index (χ4v) is 3.69. The van der Waals surface area contributed by atoms with Crippen LogP contribution in [0.3, 0.4) is 0 Å². The van der Waals surface area contributed by atoms with Crippen molar-refractivity contribution in [3.8, 4) is 0 Å². The van der Waals surface area contributed by atoms with Gasteiger partial charge in [-0.2, -0.15) is 0 Å². The molecule has 0 radical (unpaired) electrons. The summed E-state index contributed by atoms with van der Waals surface area (Å²) in [4.78, 5) is 36.4. The smallest absolute Gasteiger partial charge is 0.297 e. The predicted octanol–water partition coefficient (Wildman–Crippen LogP) is 3.99. The van der Waals surface area contributed by atoms with Gasteiger partial charge in [-0.25, -0.2) is 9.97 Å². The zero-order valence-corrected chi connectivity index (χ0v) is 15.1. The molecule has 0 bridgehead atoms. The molecule has 28 heavy (non-hydrogen) atoms. The fourth-order valence-electron chi connectivity index (χ4n) is 3.52. The van der Waals surface area contributed by atoms with Crippen LogP contribution in [0.5, 0.6) is 0 Å². The van der Waals surface area contributed by atoms with Crippen molar-refractivity contribution in [2.45, 2.75) is 6.04 Å². The van der Waals surface area contributed by atoms with Crippen molar-refractivity contribution < 1.29 is 9.21 Å². The van der Waals surface area contributed by atoms with E-state index in [1.165, 1.54) is 4.90 Å². The van der Waals surface area contributed by atoms with Crippen LogP contribution in [-0.4, -0.2) is 15.9 Å². The Morgan fingerprint density at radius 3 is 2.46 bits per heavy atom. The van der Waals surface area contributed by atoms with E-state index in [2.05, 4.69) is 9.97 Å². The first-order valence-electron chi connectivity index (χ1n) is 8.57. The molecule has 1 atom stereocenters. The number of halogens is 1. The van der Waals surface area contributed by atoms with E-state index < -0.39 is 11.9 Å². The summed E-state index contributed by atoms with van der Waals surface area (Å²) in [6.45, 7) is 0. The number of carbonyl (C=O) groups is 1. The minimum Gasteiger partial charge on any atom is -0.450 e. The summed E-state index contributed by atoms with van der Waals surface area (Å²) in [5.74, 6) is -0.251. The molecule has 0 fully saturated rings. The van der Waals surface area contributed by atoms with Crippen LogP contribution >= 0.6 is 11.6 Å². The third kappa shape index (κ3) is 2.42. The van der Waals surface area contributed by atoms with Crippen LogP contribution in [0.4, 0.5) is 5.95 Å². The Hall–Kier alpha value is -3.51. The molecule has 2 aromatic heterocycles. The highest BCUT2D eigenvalue weighted by molar-refractivity contribution is 6.31. The number of hydrogen-bond acceptors (Lipinski definition) is 5. The number of rotatable bonds is 2. The molecule has 2 aromatic carbocycles. The SMILES string of the molecule is O=C1c2oc3ccc(Cl)cc3c(=O)c2C(c2ccccc2)N1c1ncccn1. The van der Waals surface area contributed by atoms with Gasteiger partial charge in [-0.1, -0.05) is 41.9 Å². The lowest BCUT2D eigenvalue weighted by Gasteiger charge is -2.22. The third-order valence-electron chi connectivity index (χ3n) is 4.72. The molecule has 0 spiro atoms. The molecule has 0 saturated heterocycles. The average Bonchev–Trinajstić information content (AvgIpc) is 3.03. The van der Waals surface area contributed by atoms with Crippen LogP contribution in [0.1, 0.15) is 27.7 Å². The first-order chi connectivity index (χ1) is 13.6. The minimum absolute atomic E-state index is 0.00104. The molecule has 0 N–H and O–H groups in total. The van der Waals surface area contributed by atoms with Crippen molar-refractivity contribution in [2.75, 3.05) is 4.90 Å². The highest BCUT2D eigenvalue weighted by Crippen LogP contribution is 2.39. The van der Waals surface area contributed by atoms with Crippen molar-refractivity contribution in [1.29, 1.82) is 0 Å². The lowest BCUT2D eigenvalue weighted by molar-refractivity contribution is 0.0969. The van der Waals surface area contributed by atoms with Crippen molar-refractivity contribution in [3.63, 3.8) is 0 Å². The van der Waals surface area contributed by atoms with Crippen LogP contribution in [-0.2, 0) is 0 Å². The monoisotopic (exact) mass is 389 g/mol. The molecule has 7 heteroatoms. The Kier molecular flexibility index (Phi) is 3.74. The Balaban J connectivity index is 1.84. The van der Waals surface area contributed by atoms with E-state index in [9.17, 15) is 9.59 Å². The predicted molar refractivity (Wildman–Crippen MR) is 105 cm³/mol. The highest BCUT2D eigenvalue weighted by Gasteiger charge is 2.44. The minimum atomic E-state index is -0.689. The molecular formula is C21H12ClN3O3. The van der Waals surface area contributed by atoms with Gasteiger partial charge in [0.25, 0.3) is 5.91 Å². The van der Waals surface area contributed by atoms with Crippen molar-refractivity contribution in [2.24, 2.45) is 0 Å².